The van der Waals surface area contributed by atoms with E-state index in [1.165, 1.54) is 88.3 Å². The zero-order valence-electron chi connectivity index (χ0n) is 38.2. The summed E-state index contributed by atoms with van der Waals surface area (Å²) in [6.45, 7) is 9.82. The van der Waals surface area contributed by atoms with Crippen molar-refractivity contribution < 1.29 is 0 Å². The zero-order valence-corrected chi connectivity index (χ0v) is 38.2. The zero-order chi connectivity index (χ0) is 44.6. The molecule has 10 aromatic carbocycles. The van der Waals surface area contributed by atoms with Gasteiger partial charge in [-0.2, -0.15) is 0 Å². The molecule has 0 fully saturated rings. The number of hydrogen-bond acceptors (Lipinski definition) is 1. The molecule has 12 rings (SSSR count). The van der Waals surface area contributed by atoms with E-state index in [2.05, 4.69) is 257 Å². The topological polar surface area (TPSA) is 3.24 Å². The summed E-state index contributed by atoms with van der Waals surface area (Å²) in [7, 11) is 0. The maximum absolute atomic E-state index is 2.58. The van der Waals surface area contributed by atoms with E-state index in [9.17, 15) is 0 Å². The van der Waals surface area contributed by atoms with Crippen molar-refractivity contribution in [3.63, 3.8) is 0 Å². The molecule has 0 aliphatic heterocycles. The van der Waals surface area contributed by atoms with Crippen molar-refractivity contribution in [2.45, 2.75) is 56.8 Å². The first-order valence-corrected chi connectivity index (χ1v) is 23.6. The van der Waals surface area contributed by atoms with Crippen molar-refractivity contribution in [2.24, 2.45) is 0 Å². The second-order valence-electron chi connectivity index (χ2n) is 19.9. The van der Waals surface area contributed by atoms with Gasteiger partial charge in [-0.05, 0) is 143 Å². The third-order valence-electron chi connectivity index (χ3n) is 15.2. The van der Waals surface area contributed by atoms with E-state index in [-0.39, 0.29) is 10.8 Å². The number of benzene rings is 10. The fourth-order valence-electron chi connectivity index (χ4n) is 11.8. The fraction of sp³-hybridized carbons (Fsp3) is 0.138. The van der Waals surface area contributed by atoms with Crippen LogP contribution in [0.4, 0.5) is 17.1 Å². The molecule has 0 atom stereocenters. The molecule has 0 saturated heterocycles. The van der Waals surface area contributed by atoms with Gasteiger partial charge in [-0.25, -0.2) is 0 Å². The van der Waals surface area contributed by atoms with Gasteiger partial charge in [0.15, 0.2) is 0 Å². The van der Waals surface area contributed by atoms with Gasteiger partial charge in [0.2, 0.25) is 0 Å². The Balaban J connectivity index is 1.22. The van der Waals surface area contributed by atoms with Crippen LogP contribution in [0.25, 0.3) is 54.9 Å². The van der Waals surface area contributed by atoms with Crippen molar-refractivity contribution in [2.75, 3.05) is 4.90 Å². The highest BCUT2D eigenvalue weighted by atomic mass is 15.1. The Hall–Kier alpha value is -7.48. The average Bonchev–Trinajstić information content (AvgIpc) is 3.66. The van der Waals surface area contributed by atoms with E-state index in [0.717, 1.165) is 29.9 Å². The summed E-state index contributed by atoms with van der Waals surface area (Å²) in [5.74, 6) is 0. The minimum Gasteiger partial charge on any atom is -0.310 e. The summed E-state index contributed by atoms with van der Waals surface area (Å²) in [6, 6.07) is 84.3. The first-order chi connectivity index (χ1) is 32.2. The summed E-state index contributed by atoms with van der Waals surface area (Å²) >= 11 is 0. The van der Waals surface area contributed by atoms with Gasteiger partial charge in [0.05, 0.1) is 11.1 Å². The molecule has 1 nitrogen and oxygen atoms in total. The maximum Gasteiger partial charge on any atom is 0.0714 e. The summed E-state index contributed by atoms with van der Waals surface area (Å²) in [5, 5.41) is 5.00. The molecule has 2 aliphatic rings. The lowest BCUT2D eigenvalue weighted by atomic mass is 9.61. The molecule has 0 amide bonds. The van der Waals surface area contributed by atoms with Crippen LogP contribution in [0.3, 0.4) is 0 Å². The largest absolute Gasteiger partial charge is 0.310 e. The first kappa shape index (κ1) is 40.1. The smallest absolute Gasteiger partial charge is 0.0714 e. The third-order valence-corrected chi connectivity index (χ3v) is 15.2. The number of hydrogen-bond donors (Lipinski definition) is 0. The van der Waals surface area contributed by atoms with Gasteiger partial charge in [0.1, 0.15) is 0 Å². The molecule has 66 heavy (non-hydrogen) atoms. The maximum atomic E-state index is 2.58. The lowest BCUT2D eigenvalue weighted by Crippen LogP contribution is -2.34. The van der Waals surface area contributed by atoms with Gasteiger partial charge in [-0.15, -0.1) is 0 Å². The van der Waals surface area contributed by atoms with Crippen LogP contribution in [-0.2, 0) is 16.2 Å². The SMILES string of the molecule is CC1(C)CCC(C)(C)c2c(-c3cc4c(cc3N(c3ccc(-c5ccccc5)cc3)c3ccc5c(ccc6ccccc65)c3)C(c3ccccc3)(c3ccccc3)c3ccccc3-4)cccc21. The van der Waals surface area contributed by atoms with Gasteiger partial charge in [0, 0.05) is 16.9 Å². The molecular weight excluding hydrogens is 795 g/mol. The van der Waals surface area contributed by atoms with Gasteiger partial charge in [-0.1, -0.05) is 216 Å². The van der Waals surface area contributed by atoms with E-state index < -0.39 is 5.41 Å². The molecule has 2 aliphatic carbocycles. The predicted molar refractivity (Wildman–Crippen MR) is 280 cm³/mol. The second-order valence-corrected chi connectivity index (χ2v) is 19.9. The summed E-state index contributed by atoms with van der Waals surface area (Å²) in [6.07, 6.45) is 2.28. The Bertz CT molecular complexity index is 3410. The van der Waals surface area contributed by atoms with Crippen LogP contribution in [0.15, 0.2) is 224 Å². The molecule has 1 heteroatoms. The van der Waals surface area contributed by atoms with Gasteiger partial charge < -0.3 is 4.90 Å². The number of rotatable bonds is 7. The normalized spacial score (nSPS) is 15.2. The standard InChI is InChI=1S/C65H53N/c1-63(2)39-40-64(3,4)62-55(28-18-30-59(62)63)57-42-56-54-27-16-17-29-58(54)65(48-22-10-6-11-23-48,49-24-12-7-13-25-49)60(56)43-61(57)66(50-35-33-45(34-36-50)44-19-8-5-9-20-44)51-37-38-53-47(41-51)32-31-46-21-14-15-26-52(46)53/h5-38,41-43H,39-40H2,1-4H3. The van der Waals surface area contributed by atoms with Crippen LogP contribution in [0, 0.1) is 0 Å². The van der Waals surface area contributed by atoms with E-state index in [1.807, 2.05) is 0 Å². The minimum absolute atomic E-state index is 0.0281. The Morgan fingerprint density at radius 3 is 1.65 bits per heavy atom. The van der Waals surface area contributed by atoms with E-state index >= 15 is 0 Å². The Morgan fingerprint density at radius 2 is 0.909 bits per heavy atom. The van der Waals surface area contributed by atoms with Gasteiger partial charge in [0.25, 0.3) is 0 Å². The molecule has 0 aromatic heterocycles. The van der Waals surface area contributed by atoms with E-state index in [0.29, 0.717) is 0 Å². The lowest BCUT2D eigenvalue weighted by molar-refractivity contribution is 0.333. The monoisotopic (exact) mass is 847 g/mol. The van der Waals surface area contributed by atoms with Crippen molar-refractivity contribution >= 4 is 38.6 Å². The molecular formula is C65H53N. The summed E-state index contributed by atoms with van der Waals surface area (Å²) in [5.41, 5.74) is 18.4. The van der Waals surface area contributed by atoms with Crippen LogP contribution in [0.1, 0.15) is 73.9 Å². The van der Waals surface area contributed by atoms with Crippen LogP contribution in [0.5, 0.6) is 0 Å². The Morgan fingerprint density at radius 1 is 0.348 bits per heavy atom. The van der Waals surface area contributed by atoms with Gasteiger partial charge in [-0.3, -0.25) is 0 Å². The fourth-order valence-corrected chi connectivity index (χ4v) is 11.8. The minimum atomic E-state index is -0.565. The predicted octanol–water partition coefficient (Wildman–Crippen LogP) is 17.5. The van der Waals surface area contributed by atoms with Crippen molar-refractivity contribution in [3.05, 3.63) is 258 Å². The van der Waals surface area contributed by atoms with Crippen molar-refractivity contribution in [1.82, 2.24) is 0 Å². The van der Waals surface area contributed by atoms with Crippen LogP contribution < -0.4 is 4.90 Å². The Labute approximate surface area is 389 Å². The highest BCUT2D eigenvalue weighted by Crippen LogP contribution is 2.60. The molecule has 0 N–H and O–H groups in total. The van der Waals surface area contributed by atoms with Crippen LogP contribution in [0.2, 0.25) is 0 Å². The van der Waals surface area contributed by atoms with E-state index in [1.54, 1.807) is 0 Å². The summed E-state index contributed by atoms with van der Waals surface area (Å²) in [4.78, 5) is 2.56. The van der Waals surface area contributed by atoms with Crippen molar-refractivity contribution in [1.29, 1.82) is 0 Å². The average molecular weight is 848 g/mol. The molecule has 0 saturated carbocycles. The Kier molecular flexibility index (Phi) is 9.30. The second kappa shape index (κ2) is 15.3. The number of nitrogens with zero attached hydrogens (tertiary/aromatic N) is 1. The first-order valence-electron chi connectivity index (χ1n) is 23.6. The molecule has 0 unspecified atom stereocenters. The number of fused-ring (bicyclic) bond motifs is 7. The molecule has 0 spiro atoms. The lowest BCUT2D eigenvalue weighted by Gasteiger charge is -2.43. The van der Waals surface area contributed by atoms with E-state index in [4.69, 9.17) is 0 Å². The quantitative estimate of drug-likeness (QED) is 0.144. The van der Waals surface area contributed by atoms with Crippen molar-refractivity contribution in [3.8, 4) is 33.4 Å². The summed E-state index contributed by atoms with van der Waals surface area (Å²) < 4.78 is 0. The molecule has 0 heterocycles. The molecule has 318 valence electrons. The van der Waals surface area contributed by atoms with Crippen LogP contribution in [-0.4, -0.2) is 0 Å². The molecule has 0 bridgehead atoms. The highest BCUT2D eigenvalue weighted by molar-refractivity contribution is 6.09. The molecule has 10 aromatic rings. The molecule has 0 radical (unpaired) electrons. The number of anilines is 3. The third kappa shape index (κ3) is 6.21. The highest BCUT2D eigenvalue weighted by Gasteiger charge is 2.47. The van der Waals surface area contributed by atoms with Crippen LogP contribution >= 0.6 is 0 Å². The van der Waals surface area contributed by atoms with Gasteiger partial charge >= 0.3 is 0 Å².